The molecule has 0 atom stereocenters. The van der Waals surface area contributed by atoms with E-state index < -0.39 is 0 Å². The van der Waals surface area contributed by atoms with Crippen molar-refractivity contribution in [1.29, 1.82) is 0 Å². The molecule has 9 heteroatoms. The molecule has 3 heterocycles. The number of ether oxygens (including phenoxy) is 3. The number of aryl methyl sites for hydroxylation is 1. The summed E-state index contributed by atoms with van der Waals surface area (Å²) in [6.07, 6.45) is 6.18. The topological polar surface area (TPSA) is 78.7 Å². The van der Waals surface area contributed by atoms with Crippen LogP contribution in [0.25, 0.3) is 10.2 Å². The number of hydrogen-bond donors (Lipinski definition) is 0. The first-order valence-corrected chi connectivity index (χ1v) is 11.2. The van der Waals surface area contributed by atoms with E-state index in [1.165, 1.54) is 11.3 Å². The molecule has 32 heavy (non-hydrogen) atoms. The van der Waals surface area contributed by atoms with Gasteiger partial charge >= 0.3 is 0 Å². The van der Waals surface area contributed by atoms with Gasteiger partial charge in [-0.1, -0.05) is 17.4 Å². The number of thiazole rings is 1. The fourth-order valence-electron chi connectivity index (χ4n) is 3.64. The molecule has 8 nitrogen and oxygen atoms in total. The molecule has 2 aromatic heterocycles. The van der Waals surface area contributed by atoms with Gasteiger partial charge in [0, 0.05) is 31.0 Å². The van der Waals surface area contributed by atoms with Gasteiger partial charge in [0.15, 0.2) is 16.6 Å². The van der Waals surface area contributed by atoms with E-state index in [1.807, 2.05) is 29.0 Å². The van der Waals surface area contributed by atoms with Crippen LogP contribution in [0.4, 0.5) is 5.13 Å². The Morgan fingerprint density at radius 3 is 2.91 bits per heavy atom. The molecule has 4 aromatic rings. The summed E-state index contributed by atoms with van der Waals surface area (Å²) in [6.45, 7) is 2.23. The molecule has 0 bridgehead atoms. The summed E-state index contributed by atoms with van der Waals surface area (Å²) in [4.78, 5) is 24.2. The smallest absolute Gasteiger partial charge is 0.260 e. The SMILES string of the molecule is COc1cccc2sc(N(CCCn3ccnc3)C(=O)c3ccc4c(c3)OCCO4)nc12. The van der Waals surface area contributed by atoms with E-state index in [4.69, 9.17) is 19.2 Å². The number of carbonyl (C=O) groups excluding carboxylic acids is 1. The average molecular weight is 451 g/mol. The van der Waals surface area contributed by atoms with Crippen molar-refractivity contribution in [1.82, 2.24) is 14.5 Å². The first-order chi connectivity index (χ1) is 15.7. The van der Waals surface area contributed by atoms with E-state index in [2.05, 4.69) is 4.98 Å². The van der Waals surface area contributed by atoms with Crippen LogP contribution in [0, 0.1) is 0 Å². The molecule has 0 N–H and O–H groups in total. The summed E-state index contributed by atoms with van der Waals surface area (Å²) in [6, 6.07) is 11.1. The molecular weight excluding hydrogens is 428 g/mol. The predicted octanol–water partition coefficient (Wildman–Crippen LogP) is 4.01. The van der Waals surface area contributed by atoms with Crippen LogP contribution < -0.4 is 19.1 Å². The summed E-state index contributed by atoms with van der Waals surface area (Å²) in [5.74, 6) is 1.80. The standard InChI is InChI=1S/C23H22N4O4S/c1-29-18-4-2-5-20-21(18)25-23(32-20)27(10-3-9-26-11-8-24-15-26)22(28)16-6-7-17-19(14-16)31-13-12-30-17/h2,4-8,11,14-15H,3,9-10,12-13H2,1H3. The lowest BCUT2D eigenvalue weighted by Crippen LogP contribution is -2.32. The van der Waals surface area contributed by atoms with Crippen molar-refractivity contribution in [3.05, 3.63) is 60.7 Å². The van der Waals surface area contributed by atoms with Crippen LogP contribution in [0.3, 0.4) is 0 Å². The van der Waals surface area contributed by atoms with E-state index in [-0.39, 0.29) is 5.91 Å². The number of imidazole rings is 1. The quantitative estimate of drug-likeness (QED) is 0.423. The number of carbonyl (C=O) groups is 1. The van der Waals surface area contributed by atoms with Crippen molar-refractivity contribution >= 4 is 32.6 Å². The Kier molecular flexibility index (Phi) is 5.64. The van der Waals surface area contributed by atoms with Crippen LogP contribution in [0.15, 0.2) is 55.1 Å². The zero-order valence-electron chi connectivity index (χ0n) is 17.6. The molecule has 1 amide bonds. The van der Waals surface area contributed by atoms with Crippen LogP contribution in [0.1, 0.15) is 16.8 Å². The Labute approximate surface area is 189 Å². The van der Waals surface area contributed by atoms with Crippen LogP contribution in [-0.4, -0.2) is 47.3 Å². The summed E-state index contributed by atoms with van der Waals surface area (Å²) in [5.41, 5.74) is 1.28. The molecule has 0 aliphatic carbocycles. The number of hydrogen-bond acceptors (Lipinski definition) is 7. The van der Waals surface area contributed by atoms with Crippen LogP contribution in [-0.2, 0) is 6.54 Å². The molecule has 0 radical (unpaired) electrons. The minimum atomic E-state index is -0.134. The van der Waals surface area contributed by atoms with Gasteiger partial charge < -0.3 is 18.8 Å². The molecule has 0 saturated carbocycles. The molecule has 0 spiro atoms. The second kappa shape index (κ2) is 8.88. The van der Waals surface area contributed by atoms with Crippen LogP contribution in [0.5, 0.6) is 17.2 Å². The van der Waals surface area contributed by atoms with Crippen molar-refractivity contribution in [2.75, 3.05) is 31.8 Å². The number of methoxy groups -OCH3 is 1. The van der Waals surface area contributed by atoms with Crippen LogP contribution >= 0.6 is 11.3 Å². The predicted molar refractivity (Wildman–Crippen MR) is 122 cm³/mol. The zero-order chi connectivity index (χ0) is 21.9. The van der Waals surface area contributed by atoms with Crippen molar-refractivity contribution < 1.29 is 19.0 Å². The minimum Gasteiger partial charge on any atom is -0.494 e. The summed E-state index contributed by atoms with van der Waals surface area (Å²) in [7, 11) is 1.62. The lowest BCUT2D eigenvalue weighted by atomic mass is 10.1. The van der Waals surface area contributed by atoms with Crippen molar-refractivity contribution in [3.8, 4) is 17.2 Å². The molecular formula is C23H22N4O4S. The molecule has 5 rings (SSSR count). The first kappa shape index (κ1) is 20.3. The third-order valence-electron chi connectivity index (χ3n) is 5.21. The maximum atomic E-state index is 13.6. The fourth-order valence-corrected chi connectivity index (χ4v) is 4.65. The third-order valence-corrected chi connectivity index (χ3v) is 6.26. The van der Waals surface area contributed by atoms with Gasteiger partial charge in [-0.2, -0.15) is 0 Å². The number of nitrogens with zero attached hydrogens (tertiary/aromatic N) is 4. The summed E-state index contributed by atoms with van der Waals surface area (Å²) in [5, 5.41) is 0.634. The maximum absolute atomic E-state index is 13.6. The van der Waals surface area contributed by atoms with E-state index in [1.54, 1.807) is 42.7 Å². The number of rotatable bonds is 7. The highest BCUT2D eigenvalue weighted by Crippen LogP contribution is 2.36. The van der Waals surface area contributed by atoms with Crippen molar-refractivity contribution in [2.45, 2.75) is 13.0 Å². The number of para-hydroxylation sites is 1. The Morgan fingerprint density at radius 1 is 1.22 bits per heavy atom. The summed E-state index contributed by atoms with van der Waals surface area (Å²) < 4.78 is 19.7. The number of benzene rings is 2. The van der Waals surface area contributed by atoms with Crippen molar-refractivity contribution in [2.24, 2.45) is 0 Å². The van der Waals surface area contributed by atoms with Gasteiger partial charge in [-0.25, -0.2) is 9.97 Å². The van der Waals surface area contributed by atoms with Gasteiger partial charge in [0.05, 0.1) is 18.1 Å². The van der Waals surface area contributed by atoms with Gasteiger partial charge in [0.25, 0.3) is 5.91 Å². The monoisotopic (exact) mass is 450 g/mol. The highest BCUT2D eigenvalue weighted by molar-refractivity contribution is 7.22. The average Bonchev–Trinajstić information content (AvgIpc) is 3.50. The highest BCUT2D eigenvalue weighted by atomic mass is 32.1. The molecule has 1 aliphatic rings. The molecule has 2 aromatic carbocycles. The Morgan fingerprint density at radius 2 is 2.09 bits per heavy atom. The van der Waals surface area contributed by atoms with E-state index >= 15 is 0 Å². The van der Waals surface area contributed by atoms with Crippen LogP contribution in [0.2, 0.25) is 0 Å². The van der Waals surface area contributed by atoms with Gasteiger partial charge in [-0.05, 0) is 36.8 Å². The normalized spacial score (nSPS) is 12.7. The van der Waals surface area contributed by atoms with Gasteiger partial charge in [-0.3, -0.25) is 9.69 Å². The number of fused-ring (bicyclic) bond motifs is 2. The highest BCUT2D eigenvalue weighted by Gasteiger charge is 2.24. The molecule has 0 unspecified atom stereocenters. The molecule has 164 valence electrons. The van der Waals surface area contributed by atoms with E-state index in [0.717, 1.165) is 23.2 Å². The van der Waals surface area contributed by atoms with Gasteiger partial charge in [0.1, 0.15) is 24.5 Å². The van der Waals surface area contributed by atoms with E-state index in [0.29, 0.717) is 47.7 Å². The van der Waals surface area contributed by atoms with Gasteiger partial charge in [-0.15, -0.1) is 0 Å². The number of aromatic nitrogens is 3. The molecule has 0 fully saturated rings. The first-order valence-electron chi connectivity index (χ1n) is 10.3. The third kappa shape index (κ3) is 3.99. The second-order valence-electron chi connectivity index (χ2n) is 7.27. The Balaban J connectivity index is 1.47. The largest absolute Gasteiger partial charge is 0.494 e. The van der Waals surface area contributed by atoms with Crippen molar-refractivity contribution in [3.63, 3.8) is 0 Å². The lowest BCUT2D eigenvalue weighted by molar-refractivity contribution is 0.0985. The maximum Gasteiger partial charge on any atom is 0.260 e. The zero-order valence-corrected chi connectivity index (χ0v) is 18.4. The van der Waals surface area contributed by atoms with Gasteiger partial charge in [0.2, 0.25) is 0 Å². The lowest BCUT2D eigenvalue weighted by Gasteiger charge is -2.22. The number of amides is 1. The Bertz CT molecular complexity index is 1240. The van der Waals surface area contributed by atoms with E-state index in [9.17, 15) is 4.79 Å². The Hall–Kier alpha value is -3.59. The molecule has 0 saturated heterocycles. The number of anilines is 1. The summed E-state index contributed by atoms with van der Waals surface area (Å²) >= 11 is 1.47. The minimum absolute atomic E-state index is 0.134. The fraction of sp³-hybridized carbons (Fsp3) is 0.261. The molecule has 1 aliphatic heterocycles. The second-order valence-corrected chi connectivity index (χ2v) is 8.28.